The summed E-state index contributed by atoms with van der Waals surface area (Å²) >= 11 is 0. The minimum absolute atomic E-state index is 0. The zero-order chi connectivity index (χ0) is 11.7. The molecule has 0 aromatic carbocycles. The van der Waals surface area contributed by atoms with Gasteiger partial charge in [0.25, 0.3) is 0 Å². The van der Waals surface area contributed by atoms with Gasteiger partial charge in [-0.05, 0) is 26.2 Å². The van der Waals surface area contributed by atoms with Crippen LogP contribution in [0.4, 0.5) is 0 Å². The largest absolute Gasteiger partial charge is 0.518 e. The molecule has 1 aliphatic carbocycles. The van der Waals surface area contributed by atoms with E-state index in [1.807, 2.05) is 6.92 Å². The molecule has 2 radical (unpaired) electrons. The molecule has 88 valence electrons. The Morgan fingerprint density at radius 2 is 1.38 bits per heavy atom. The molecule has 0 amide bonds. The van der Waals surface area contributed by atoms with Crippen molar-refractivity contribution in [3.8, 4) is 0 Å². The fraction of sp³-hybridized carbons (Fsp3) is 0.429. The van der Waals surface area contributed by atoms with Crippen molar-refractivity contribution in [3.05, 3.63) is 50.1 Å². The third kappa shape index (κ3) is 80.0. The molecule has 0 nitrogen and oxygen atoms in total. The Labute approximate surface area is 154 Å². The first-order valence-electron chi connectivity index (χ1n) is 4.90. The minimum atomic E-state index is 0. The van der Waals surface area contributed by atoms with E-state index in [0.29, 0.717) is 0 Å². The number of hydrogen-bond acceptors (Lipinski definition) is 0. The maximum absolute atomic E-state index is 4.72. The Morgan fingerprint density at radius 1 is 1.19 bits per heavy atom. The average Bonchev–Trinajstić information content (AvgIpc) is 2.63. The minimum Gasteiger partial charge on any atom is -0.518 e. The second-order valence-electron chi connectivity index (χ2n) is 2.50. The summed E-state index contributed by atoms with van der Waals surface area (Å²) in [4.78, 5) is 0. The summed E-state index contributed by atoms with van der Waals surface area (Å²) in [6, 6.07) is 0. The van der Waals surface area contributed by atoms with Gasteiger partial charge in [-0.1, -0.05) is 25.2 Å². The molecule has 0 heterocycles. The number of hydrogen-bond donors (Lipinski definition) is 0. The molecule has 0 spiro atoms. The maximum atomic E-state index is 4.72. The Morgan fingerprint density at radius 3 is 1.44 bits per heavy atom. The zero-order valence-electron chi connectivity index (χ0n) is 11.1. The van der Waals surface area contributed by atoms with E-state index in [2.05, 4.69) is 31.4 Å². The van der Waals surface area contributed by atoms with E-state index in [0.717, 1.165) is 0 Å². The quantitative estimate of drug-likeness (QED) is 0.420. The van der Waals surface area contributed by atoms with Crippen molar-refractivity contribution in [2.75, 3.05) is 0 Å². The number of rotatable bonds is 0. The van der Waals surface area contributed by atoms with E-state index in [4.69, 9.17) is 6.58 Å². The fourth-order valence-corrected chi connectivity index (χ4v) is 0.589. The number of allylic oxidation sites excluding steroid dienone is 5. The van der Waals surface area contributed by atoms with Crippen molar-refractivity contribution in [3.63, 3.8) is 0 Å². The van der Waals surface area contributed by atoms with Gasteiger partial charge in [0, 0.05) is 65.4 Å². The van der Waals surface area contributed by atoms with Crippen molar-refractivity contribution in [2.45, 2.75) is 40.0 Å². The maximum Gasteiger partial charge on any atom is 0 e. The molecule has 16 heavy (non-hydrogen) atoms. The van der Waals surface area contributed by atoms with Crippen LogP contribution in [0.5, 0.6) is 0 Å². The van der Waals surface area contributed by atoms with Crippen LogP contribution in [-0.2, 0) is 65.4 Å². The molecule has 0 aliphatic heterocycles. The molecule has 0 fully saturated rings. The second-order valence-corrected chi connectivity index (χ2v) is 2.50. The molecule has 2 heteroatoms. The van der Waals surface area contributed by atoms with Gasteiger partial charge < -0.3 is 12.7 Å². The van der Waals surface area contributed by atoms with Gasteiger partial charge >= 0.3 is 0 Å². The third-order valence-electron chi connectivity index (χ3n) is 0.908. The van der Waals surface area contributed by atoms with Crippen LogP contribution < -0.4 is 0 Å². The molecular formula is C14H24Y2-2. The smallest absolute Gasteiger partial charge is 0 e. The van der Waals surface area contributed by atoms with E-state index < -0.39 is 0 Å². The van der Waals surface area contributed by atoms with E-state index in [9.17, 15) is 0 Å². The summed E-state index contributed by atoms with van der Waals surface area (Å²) in [5, 5.41) is 0. The first-order chi connectivity index (χ1) is 6.74. The molecular weight excluding hydrogens is 346 g/mol. The molecule has 0 bridgehead atoms. The van der Waals surface area contributed by atoms with Crippen LogP contribution in [0.3, 0.4) is 0 Å². The Balaban J connectivity index is -0.0000000336. The van der Waals surface area contributed by atoms with Crippen LogP contribution in [0.25, 0.3) is 0 Å². The normalized spacial score (nSPS) is 8.94. The van der Waals surface area contributed by atoms with Crippen LogP contribution in [0.15, 0.2) is 37.5 Å². The molecule has 1 aliphatic rings. The predicted molar refractivity (Wildman–Crippen MR) is 68.0 cm³/mol. The average molecular weight is 370 g/mol. The van der Waals surface area contributed by atoms with E-state index in [1.165, 1.54) is 25.3 Å². The molecule has 0 unspecified atom stereocenters. The molecule has 1 rings (SSSR count). The summed E-state index contributed by atoms with van der Waals surface area (Å²) in [6.07, 6.45) is 14.2. The van der Waals surface area contributed by atoms with Crippen LogP contribution >= 0.6 is 0 Å². The van der Waals surface area contributed by atoms with Gasteiger partial charge in [0.05, 0.1) is 0 Å². The molecule has 0 aromatic heterocycles. The van der Waals surface area contributed by atoms with Crippen LogP contribution in [0, 0.1) is 12.7 Å². The summed E-state index contributed by atoms with van der Waals surface area (Å²) in [5.41, 5.74) is 0. The van der Waals surface area contributed by atoms with Crippen molar-refractivity contribution >= 4 is 0 Å². The van der Waals surface area contributed by atoms with Gasteiger partial charge in [0.15, 0.2) is 0 Å². The second kappa shape index (κ2) is 44.3. The van der Waals surface area contributed by atoms with Gasteiger partial charge in [-0.2, -0.15) is 6.92 Å². The molecule has 0 N–H and O–H groups in total. The standard InChI is InChI=1S/C5H8.C3H6.2C3H5.2Y/c1-2-4-5-3-1;3*1-3-2;;/h1-2H,3-5H2;3H,1H2,2H3;1H2,2H3;1,3H,2H3;;/q;;2*-1;;. The first kappa shape index (κ1) is 30.3. The Kier molecular flexibility index (Phi) is 83.8. The van der Waals surface area contributed by atoms with Crippen molar-refractivity contribution in [2.24, 2.45) is 0 Å². The van der Waals surface area contributed by atoms with Gasteiger partial charge in [0.1, 0.15) is 0 Å². The van der Waals surface area contributed by atoms with Crippen LogP contribution in [-0.4, -0.2) is 0 Å². The molecule has 0 saturated carbocycles. The zero-order valence-corrected chi connectivity index (χ0v) is 16.8. The van der Waals surface area contributed by atoms with E-state index >= 15 is 0 Å². The first-order valence-corrected chi connectivity index (χ1v) is 4.90. The summed E-state index contributed by atoms with van der Waals surface area (Å²) in [7, 11) is 0. The van der Waals surface area contributed by atoms with Gasteiger partial charge in [-0.25, -0.2) is 0 Å². The molecule has 0 aromatic rings. The summed E-state index contributed by atoms with van der Waals surface area (Å²) in [6.45, 7) is 16.8. The van der Waals surface area contributed by atoms with E-state index in [1.54, 1.807) is 19.9 Å². The van der Waals surface area contributed by atoms with Gasteiger partial charge in [0.2, 0.25) is 0 Å². The van der Waals surface area contributed by atoms with Crippen molar-refractivity contribution in [1.29, 1.82) is 0 Å². The Hall–Kier alpha value is 1.17. The SMILES string of the molecule is C1=CCCC1.C=CC.C=[C-]C.[CH-]=CC.[Y].[Y]. The van der Waals surface area contributed by atoms with Crippen LogP contribution in [0.2, 0.25) is 0 Å². The van der Waals surface area contributed by atoms with Crippen LogP contribution in [0.1, 0.15) is 40.0 Å². The molecule has 0 saturated heterocycles. The summed E-state index contributed by atoms with van der Waals surface area (Å²) < 4.78 is 0. The molecule has 0 atom stereocenters. The predicted octanol–water partition coefficient (Wildman–Crippen LogP) is 4.90. The fourth-order valence-electron chi connectivity index (χ4n) is 0.589. The van der Waals surface area contributed by atoms with Gasteiger partial charge in [-0.3, -0.25) is 12.7 Å². The summed E-state index contributed by atoms with van der Waals surface area (Å²) in [5.74, 6) is 0. The van der Waals surface area contributed by atoms with E-state index in [-0.39, 0.29) is 65.4 Å². The topological polar surface area (TPSA) is 0 Å². The Bertz CT molecular complexity index is 117. The third-order valence-corrected chi connectivity index (χ3v) is 0.908. The van der Waals surface area contributed by atoms with Crippen molar-refractivity contribution < 1.29 is 65.4 Å². The van der Waals surface area contributed by atoms with Crippen molar-refractivity contribution in [1.82, 2.24) is 0 Å². The van der Waals surface area contributed by atoms with Gasteiger partial charge in [-0.15, -0.1) is 6.58 Å². The monoisotopic (exact) mass is 370 g/mol.